The molecule has 0 atom stereocenters. The van der Waals surface area contributed by atoms with Gasteiger partial charge in [0.25, 0.3) is 0 Å². The lowest BCUT2D eigenvalue weighted by molar-refractivity contribution is 0.0658. The third-order valence-electron chi connectivity index (χ3n) is 7.00. The number of ketones is 1. The highest BCUT2D eigenvalue weighted by Crippen LogP contribution is 2.28. The van der Waals surface area contributed by atoms with E-state index in [9.17, 15) is 4.79 Å². The Morgan fingerprint density at radius 2 is 1.81 bits per heavy atom. The summed E-state index contributed by atoms with van der Waals surface area (Å²) in [6.07, 6.45) is 4.51. The van der Waals surface area contributed by atoms with Gasteiger partial charge in [0.2, 0.25) is 11.4 Å². The number of aromatic nitrogens is 5. The minimum Gasteiger partial charge on any atom is -0.497 e. The van der Waals surface area contributed by atoms with Crippen LogP contribution in [0.25, 0.3) is 16.6 Å². The van der Waals surface area contributed by atoms with E-state index in [1.807, 2.05) is 12.3 Å². The quantitative estimate of drug-likeness (QED) is 0.379. The molecule has 0 unspecified atom stereocenters. The number of hydrogen-bond donors (Lipinski definition) is 0. The van der Waals surface area contributed by atoms with Crippen molar-refractivity contribution in [2.45, 2.75) is 19.3 Å². The predicted molar refractivity (Wildman–Crippen MR) is 133 cm³/mol. The highest BCUT2D eigenvalue weighted by molar-refractivity contribution is 6.16. The molecule has 0 amide bonds. The second-order valence-corrected chi connectivity index (χ2v) is 9.21. The molecule has 6 rings (SSSR count). The summed E-state index contributed by atoms with van der Waals surface area (Å²) in [5.41, 5.74) is 2.97. The van der Waals surface area contributed by atoms with E-state index in [-0.39, 0.29) is 5.78 Å². The number of morpholine rings is 1. The van der Waals surface area contributed by atoms with Gasteiger partial charge < -0.3 is 19.1 Å². The maximum Gasteiger partial charge on any atom is 0.213 e. The Labute approximate surface area is 208 Å². The van der Waals surface area contributed by atoms with Gasteiger partial charge in [-0.05, 0) is 49.1 Å². The van der Waals surface area contributed by atoms with E-state index in [2.05, 4.69) is 15.1 Å². The van der Waals surface area contributed by atoms with E-state index in [0.717, 1.165) is 57.1 Å². The highest BCUT2D eigenvalue weighted by atomic mass is 16.5. The predicted octanol–water partition coefficient (Wildman–Crippen LogP) is 2.72. The number of fused-ring (bicyclic) bond motifs is 3. The number of benzene rings is 1. The minimum atomic E-state index is -0.184. The molecule has 2 aliphatic rings. The summed E-state index contributed by atoms with van der Waals surface area (Å²) in [5, 5.41) is 14.4. The molecular formula is C26H28N6O4. The lowest BCUT2D eigenvalue weighted by atomic mass is 9.96. The monoisotopic (exact) mass is 488 g/mol. The topological polar surface area (TPSA) is 104 Å². The zero-order valence-electron chi connectivity index (χ0n) is 20.2. The van der Waals surface area contributed by atoms with Crippen molar-refractivity contribution in [2.24, 2.45) is 5.92 Å². The third kappa shape index (κ3) is 4.27. The van der Waals surface area contributed by atoms with Crippen LogP contribution < -0.4 is 9.64 Å². The summed E-state index contributed by atoms with van der Waals surface area (Å²) in [7, 11) is 1.60. The van der Waals surface area contributed by atoms with Crippen LogP contribution in [0.5, 0.6) is 5.75 Å². The smallest absolute Gasteiger partial charge is 0.213 e. The van der Waals surface area contributed by atoms with Crippen LogP contribution in [0.2, 0.25) is 0 Å². The van der Waals surface area contributed by atoms with Gasteiger partial charge in [0.05, 0.1) is 32.2 Å². The second-order valence-electron chi connectivity index (χ2n) is 9.21. The lowest BCUT2D eigenvalue weighted by Gasteiger charge is -2.28. The van der Waals surface area contributed by atoms with E-state index < -0.39 is 0 Å². The Kier molecular flexibility index (Phi) is 6.20. The van der Waals surface area contributed by atoms with Crippen LogP contribution >= 0.6 is 0 Å². The van der Waals surface area contributed by atoms with Gasteiger partial charge in [-0.3, -0.25) is 4.79 Å². The summed E-state index contributed by atoms with van der Waals surface area (Å²) < 4.78 is 18.0. The van der Waals surface area contributed by atoms with Gasteiger partial charge in [-0.1, -0.05) is 0 Å². The largest absolute Gasteiger partial charge is 0.497 e. The molecule has 0 saturated carbocycles. The molecule has 3 aromatic heterocycles. The van der Waals surface area contributed by atoms with E-state index in [1.54, 1.807) is 35.9 Å². The molecule has 1 aromatic carbocycles. The van der Waals surface area contributed by atoms with Crippen molar-refractivity contribution in [2.75, 3.05) is 51.5 Å². The van der Waals surface area contributed by atoms with Crippen molar-refractivity contribution < 1.29 is 19.0 Å². The number of methoxy groups -OCH3 is 1. The van der Waals surface area contributed by atoms with E-state index in [0.29, 0.717) is 52.7 Å². The van der Waals surface area contributed by atoms with Crippen LogP contribution in [0.3, 0.4) is 0 Å². The zero-order chi connectivity index (χ0) is 24.5. The Morgan fingerprint density at radius 3 is 2.56 bits per heavy atom. The van der Waals surface area contributed by atoms with Gasteiger partial charge in [-0.15, -0.1) is 10.2 Å². The molecular weight excluding hydrogens is 460 g/mol. The first kappa shape index (κ1) is 22.8. The molecule has 0 bridgehead atoms. The number of anilines is 1. The van der Waals surface area contributed by atoms with Crippen LogP contribution in [0.4, 0.5) is 5.69 Å². The van der Waals surface area contributed by atoms with Gasteiger partial charge in [0.1, 0.15) is 17.0 Å². The Balaban J connectivity index is 1.48. The van der Waals surface area contributed by atoms with Crippen LogP contribution in [0, 0.1) is 5.92 Å². The maximum atomic E-state index is 13.8. The van der Waals surface area contributed by atoms with Gasteiger partial charge in [0, 0.05) is 43.7 Å². The zero-order valence-corrected chi connectivity index (χ0v) is 20.2. The van der Waals surface area contributed by atoms with E-state index in [4.69, 9.17) is 24.3 Å². The van der Waals surface area contributed by atoms with Crippen molar-refractivity contribution in [1.29, 1.82) is 0 Å². The summed E-state index contributed by atoms with van der Waals surface area (Å²) in [6, 6.07) is 9.06. The fraction of sp³-hybridized carbons (Fsp3) is 0.423. The molecule has 5 heterocycles. The van der Waals surface area contributed by atoms with Gasteiger partial charge in [-0.25, -0.2) is 4.98 Å². The molecule has 0 N–H and O–H groups in total. The number of rotatable bonds is 6. The first-order chi connectivity index (χ1) is 17.7. The number of hydrogen-bond acceptors (Lipinski definition) is 9. The van der Waals surface area contributed by atoms with Crippen molar-refractivity contribution in [3.05, 3.63) is 53.6 Å². The Hall–Kier alpha value is -3.63. The molecule has 186 valence electrons. The average molecular weight is 489 g/mol. The summed E-state index contributed by atoms with van der Waals surface area (Å²) in [5.74, 6) is 1.69. The van der Waals surface area contributed by atoms with Crippen molar-refractivity contribution in [3.8, 4) is 5.75 Å². The molecule has 4 aromatic rings. The summed E-state index contributed by atoms with van der Waals surface area (Å²) in [4.78, 5) is 20.8. The first-order valence-electron chi connectivity index (χ1n) is 12.3. The number of ether oxygens (including phenoxy) is 3. The van der Waals surface area contributed by atoms with Crippen LogP contribution in [0.1, 0.15) is 34.7 Å². The molecule has 10 nitrogen and oxygen atoms in total. The SMILES string of the molecule is COc1ccc(C(=O)c2nn3c(CC4CCOCC4)nnc3c3ncc(N4CCOCC4)cc23)cc1. The third-order valence-corrected chi connectivity index (χ3v) is 7.00. The number of carbonyl (C=O) groups excluding carboxylic acids is 1. The average Bonchev–Trinajstić information content (AvgIpc) is 3.35. The highest BCUT2D eigenvalue weighted by Gasteiger charge is 2.24. The number of pyridine rings is 1. The fourth-order valence-electron chi connectivity index (χ4n) is 4.91. The molecule has 2 fully saturated rings. The minimum absolute atomic E-state index is 0.184. The first-order valence-corrected chi connectivity index (χ1v) is 12.3. The van der Waals surface area contributed by atoms with E-state index >= 15 is 0 Å². The number of carbonyl (C=O) groups is 1. The van der Waals surface area contributed by atoms with Crippen LogP contribution in [0.15, 0.2) is 36.5 Å². The second kappa shape index (κ2) is 9.79. The van der Waals surface area contributed by atoms with Gasteiger partial charge in [-0.2, -0.15) is 9.61 Å². The Bertz CT molecular complexity index is 1390. The molecule has 0 radical (unpaired) electrons. The normalized spacial score (nSPS) is 17.1. The lowest BCUT2D eigenvalue weighted by Crippen LogP contribution is -2.36. The summed E-state index contributed by atoms with van der Waals surface area (Å²) in [6.45, 7) is 4.37. The summed E-state index contributed by atoms with van der Waals surface area (Å²) >= 11 is 0. The van der Waals surface area contributed by atoms with Gasteiger partial charge >= 0.3 is 0 Å². The maximum absolute atomic E-state index is 13.8. The van der Waals surface area contributed by atoms with E-state index in [1.165, 1.54) is 0 Å². The standard InChI is InChI=1S/C26H28N6O4/c1-34-20-4-2-18(3-5-20)25(33)23-21-15-19(31-8-12-36-13-9-31)16-27-24(21)26-29-28-22(32(26)30-23)14-17-6-10-35-11-7-17/h2-5,15-17H,6-14H2,1H3. The van der Waals surface area contributed by atoms with Crippen molar-refractivity contribution >= 4 is 28.0 Å². The fourth-order valence-corrected chi connectivity index (χ4v) is 4.91. The van der Waals surface area contributed by atoms with Crippen LogP contribution in [-0.2, 0) is 15.9 Å². The molecule has 0 aliphatic carbocycles. The van der Waals surface area contributed by atoms with Crippen molar-refractivity contribution in [3.63, 3.8) is 0 Å². The van der Waals surface area contributed by atoms with Crippen LogP contribution in [-0.4, -0.2) is 77.2 Å². The van der Waals surface area contributed by atoms with Gasteiger partial charge in [0.15, 0.2) is 5.82 Å². The number of nitrogens with zero attached hydrogens (tertiary/aromatic N) is 6. The molecule has 2 saturated heterocycles. The van der Waals surface area contributed by atoms with Crippen molar-refractivity contribution in [1.82, 2.24) is 24.8 Å². The molecule has 0 spiro atoms. The molecule has 10 heteroatoms. The molecule has 36 heavy (non-hydrogen) atoms. The molecule has 2 aliphatic heterocycles. The Morgan fingerprint density at radius 1 is 1.06 bits per heavy atom.